The molecule has 0 saturated heterocycles. The topological polar surface area (TPSA) is 3.24 Å². The summed E-state index contributed by atoms with van der Waals surface area (Å²) in [6, 6.07) is 2.31. The Morgan fingerprint density at radius 1 is 1.64 bits per heavy atom. The molecule has 1 aliphatic rings. The second kappa shape index (κ2) is 3.62. The average Bonchev–Trinajstić information content (AvgIpc) is 2.55. The van der Waals surface area contributed by atoms with E-state index in [9.17, 15) is 0 Å². The number of aryl methyl sites for hydroxylation is 1. The van der Waals surface area contributed by atoms with Crippen LogP contribution < -0.4 is 0 Å². The van der Waals surface area contributed by atoms with Gasteiger partial charge >= 0.3 is 0 Å². The Bertz CT molecular complexity index is 376. The highest BCUT2D eigenvalue weighted by Crippen LogP contribution is 2.28. The lowest BCUT2D eigenvalue weighted by molar-refractivity contribution is 0.338. The molecule has 0 fully saturated rings. The first-order chi connectivity index (χ1) is 6.70. The number of fused-ring (bicyclic) bond motifs is 1. The maximum Gasteiger partial charge on any atom is 0.0525 e. The molecule has 2 heteroatoms. The minimum atomic E-state index is 1.01. The van der Waals surface area contributed by atoms with Crippen molar-refractivity contribution < 1.29 is 0 Å². The zero-order chi connectivity index (χ0) is 10.1. The largest absolute Gasteiger partial charge is 0.367 e. The Kier molecular flexibility index (Phi) is 2.46. The maximum absolute atomic E-state index is 3.99. The molecule has 1 aromatic rings. The molecule has 2 rings (SSSR count). The average molecular weight is 205 g/mol. The molecule has 0 saturated carbocycles. The van der Waals surface area contributed by atoms with Crippen molar-refractivity contribution in [1.82, 2.24) is 4.90 Å². The summed E-state index contributed by atoms with van der Waals surface area (Å²) in [5.74, 6) is 0. The van der Waals surface area contributed by atoms with Crippen molar-refractivity contribution >= 4 is 11.3 Å². The number of hydrogen-bond donors (Lipinski definition) is 0. The van der Waals surface area contributed by atoms with Crippen molar-refractivity contribution in [2.75, 3.05) is 6.54 Å². The molecule has 0 N–H and O–H groups in total. The summed E-state index contributed by atoms with van der Waals surface area (Å²) in [5.41, 5.74) is 2.57. The van der Waals surface area contributed by atoms with Gasteiger partial charge < -0.3 is 4.90 Å². The summed E-state index contributed by atoms with van der Waals surface area (Å²) in [6.07, 6.45) is 2.98. The van der Waals surface area contributed by atoms with Crippen LogP contribution in [0.2, 0.25) is 0 Å². The van der Waals surface area contributed by atoms with Gasteiger partial charge in [0, 0.05) is 22.0 Å². The molecule has 1 aliphatic heterocycles. The Morgan fingerprint density at radius 3 is 3.14 bits per heavy atom. The molecule has 0 aromatic carbocycles. The SMILES string of the molecule is C=CC(=C)N1CCc2cc(C)sc2C1. The van der Waals surface area contributed by atoms with Crippen LogP contribution in [0.25, 0.3) is 0 Å². The first-order valence-corrected chi connectivity index (χ1v) is 5.67. The third-order valence-corrected chi connectivity index (χ3v) is 3.72. The quantitative estimate of drug-likeness (QED) is 0.671. The van der Waals surface area contributed by atoms with E-state index in [-0.39, 0.29) is 0 Å². The van der Waals surface area contributed by atoms with Gasteiger partial charge in [-0.05, 0) is 31.1 Å². The van der Waals surface area contributed by atoms with Gasteiger partial charge in [-0.3, -0.25) is 0 Å². The molecular formula is C12H15NS. The first-order valence-electron chi connectivity index (χ1n) is 4.85. The lowest BCUT2D eigenvalue weighted by atomic mass is 10.1. The van der Waals surface area contributed by atoms with Crippen LogP contribution in [0.15, 0.2) is 31.0 Å². The third kappa shape index (κ3) is 1.62. The van der Waals surface area contributed by atoms with Crippen LogP contribution in [0, 0.1) is 6.92 Å². The number of rotatable bonds is 2. The summed E-state index contributed by atoms with van der Waals surface area (Å²) in [4.78, 5) is 5.21. The number of allylic oxidation sites excluding steroid dienone is 1. The maximum atomic E-state index is 3.99. The molecular weight excluding hydrogens is 190 g/mol. The third-order valence-electron chi connectivity index (χ3n) is 2.65. The molecule has 1 nitrogen and oxygen atoms in total. The van der Waals surface area contributed by atoms with Gasteiger partial charge in [-0.2, -0.15) is 0 Å². The number of hydrogen-bond acceptors (Lipinski definition) is 2. The number of nitrogens with zero attached hydrogens (tertiary/aromatic N) is 1. The van der Waals surface area contributed by atoms with E-state index in [4.69, 9.17) is 0 Å². The van der Waals surface area contributed by atoms with E-state index in [2.05, 4.69) is 31.0 Å². The molecule has 0 unspecified atom stereocenters. The number of thiophene rings is 1. The van der Waals surface area contributed by atoms with Crippen LogP contribution in [-0.2, 0) is 13.0 Å². The van der Waals surface area contributed by atoms with Crippen molar-refractivity contribution in [2.45, 2.75) is 19.9 Å². The van der Waals surface area contributed by atoms with Gasteiger partial charge in [0.1, 0.15) is 0 Å². The van der Waals surface area contributed by atoms with Gasteiger partial charge in [0.05, 0.1) is 6.54 Å². The molecule has 0 radical (unpaired) electrons. The Balaban J connectivity index is 2.20. The minimum Gasteiger partial charge on any atom is -0.367 e. The smallest absolute Gasteiger partial charge is 0.0525 e. The first kappa shape index (κ1) is 9.53. The Morgan fingerprint density at radius 2 is 2.43 bits per heavy atom. The van der Waals surface area contributed by atoms with Crippen molar-refractivity contribution in [2.24, 2.45) is 0 Å². The van der Waals surface area contributed by atoms with Gasteiger partial charge in [0.15, 0.2) is 0 Å². The van der Waals surface area contributed by atoms with Crippen molar-refractivity contribution in [3.05, 3.63) is 46.3 Å². The van der Waals surface area contributed by atoms with Crippen LogP contribution in [0.4, 0.5) is 0 Å². The minimum absolute atomic E-state index is 1.01. The van der Waals surface area contributed by atoms with Gasteiger partial charge in [-0.1, -0.05) is 13.2 Å². The molecule has 0 atom stereocenters. The molecule has 0 amide bonds. The predicted octanol–water partition coefficient (Wildman–Crippen LogP) is 3.11. The highest BCUT2D eigenvalue weighted by Gasteiger charge is 2.17. The fraction of sp³-hybridized carbons (Fsp3) is 0.333. The van der Waals surface area contributed by atoms with E-state index in [0.29, 0.717) is 0 Å². The Hall–Kier alpha value is -1.02. The van der Waals surface area contributed by atoms with E-state index in [1.807, 2.05) is 17.4 Å². The van der Waals surface area contributed by atoms with Crippen LogP contribution in [-0.4, -0.2) is 11.4 Å². The van der Waals surface area contributed by atoms with Crippen LogP contribution in [0.5, 0.6) is 0 Å². The predicted molar refractivity (Wildman–Crippen MR) is 62.5 cm³/mol. The van der Waals surface area contributed by atoms with Crippen molar-refractivity contribution in [1.29, 1.82) is 0 Å². The fourth-order valence-corrected chi connectivity index (χ4v) is 2.94. The van der Waals surface area contributed by atoms with Crippen molar-refractivity contribution in [3.63, 3.8) is 0 Å². The van der Waals surface area contributed by atoms with Gasteiger partial charge in [-0.25, -0.2) is 0 Å². The normalized spacial score (nSPS) is 15.1. The standard InChI is InChI=1S/C12H15NS/c1-4-9(2)13-6-5-11-7-10(3)14-12(11)8-13/h4,7H,1-2,5-6,8H2,3H3. The van der Waals surface area contributed by atoms with Gasteiger partial charge in [-0.15, -0.1) is 11.3 Å². The summed E-state index contributed by atoms with van der Waals surface area (Å²) in [5, 5.41) is 0. The highest BCUT2D eigenvalue weighted by molar-refractivity contribution is 7.12. The zero-order valence-electron chi connectivity index (χ0n) is 8.55. The molecule has 0 spiro atoms. The monoisotopic (exact) mass is 205 g/mol. The second-order valence-corrected chi connectivity index (χ2v) is 5.01. The molecule has 0 aliphatic carbocycles. The van der Waals surface area contributed by atoms with Crippen molar-refractivity contribution in [3.8, 4) is 0 Å². The van der Waals surface area contributed by atoms with E-state index in [1.165, 1.54) is 15.3 Å². The zero-order valence-corrected chi connectivity index (χ0v) is 9.36. The molecule has 0 bridgehead atoms. The summed E-state index contributed by atoms with van der Waals surface area (Å²) in [6.45, 7) is 12.0. The van der Waals surface area contributed by atoms with E-state index in [0.717, 1.165) is 25.2 Å². The van der Waals surface area contributed by atoms with E-state index in [1.54, 1.807) is 0 Å². The summed E-state index contributed by atoms with van der Waals surface area (Å²) < 4.78 is 0. The van der Waals surface area contributed by atoms with Gasteiger partial charge in [0.2, 0.25) is 0 Å². The Labute approximate surface area is 89.4 Å². The van der Waals surface area contributed by atoms with E-state index >= 15 is 0 Å². The van der Waals surface area contributed by atoms with Crippen LogP contribution >= 0.6 is 11.3 Å². The van der Waals surface area contributed by atoms with Crippen LogP contribution in [0.3, 0.4) is 0 Å². The molecule has 74 valence electrons. The van der Waals surface area contributed by atoms with Gasteiger partial charge in [0.25, 0.3) is 0 Å². The summed E-state index contributed by atoms with van der Waals surface area (Å²) in [7, 11) is 0. The fourth-order valence-electron chi connectivity index (χ4n) is 1.84. The van der Waals surface area contributed by atoms with Crippen LogP contribution in [0.1, 0.15) is 15.3 Å². The second-order valence-electron chi connectivity index (χ2n) is 3.67. The molecule has 1 aromatic heterocycles. The lowest BCUT2D eigenvalue weighted by Gasteiger charge is -2.28. The van der Waals surface area contributed by atoms with E-state index < -0.39 is 0 Å². The highest BCUT2D eigenvalue weighted by atomic mass is 32.1. The molecule has 2 heterocycles. The lowest BCUT2D eigenvalue weighted by Crippen LogP contribution is -2.27. The molecule has 14 heavy (non-hydrogen) atoms. The summed E-state index contributed by atoms with van der Waals surface area (Å²) >= 11 is 1.90.